The third kappa shape index (κ3) is 3.81. The van der Waals surface area contributed by atoms with Crippen LogP contribution in [0.1, 0.15) is 28.8 Å². The van der Waals surface area contributed by atoms with E-state index in [-0.39, 0.29) is 10.5 Å². The maximum Gasteiger partial charge on any atom is 0.335 e. The number of aromatic carboxylic acids is 1. The highest BCUT2D eigenvalue weighted by Gasteiger charge is 2.25. The average Bonchev–Trinajstić information content (AvgIpc) is 3.10. The molecule has 0 atom stereocenters. The Morgan fingerprint density at radius 3 is 2.31 bits per heavy atom. The summed E-state index contributed by atoms with van der Waals surface area (Å²) >= 11 is 0. The van der Waals surface area contributed by atoms with Crippen LogP contribution in [0, 0.1) is 6.92 Å². The van der Waals surface area contributed by atoms with Crippen molar-refractivity contribution in [1.29, 1.82) is 0 Å². The van der Waals surface area contributed by atoms with Gasteiger partial charge in [-0.2, -0.15) is 0 Å². The molecule has 2 aromatic rings. The first-order valence-corrected chi connectivity index (χ1v) is 9.83. The molecule has 0 saturated carbocycles. The van der Waals surface area contributed by atoms with Crippen LogP contribution in [0.2, 0.25) is 0 Å². The molecule has 0 radical (unpaired) electrons. The van der Waals surface area contributed by atoms with Gasteiger partial charge in [0.1, 0.15) is 4.90 Å². The highest BCUT2D eigenvalue weighted by atomic mass is 32.2. The van der Waals surface area contributed by atoms with Crippen LogP contribution in [0.5, 0.6) is 0 Å². The van der Waals surface area contributed by atoms with Crippen molar-refractivity contribution in [2.75, 3.05) is 23.3 Å². The molecule has 0 aliphatic carbocycles. The van der Waals surface area contributed by atoms with Gasteiger partial charge in [-0.05, 0) is 44.0 Å². The van der Waals surface area contributed by atoms with Gasteiger partial charge in [0, 0.05) is 18.8 Å². The fourth-order valence-electron chi connectivity index (χ4n) is 3.06. The zero-order valence-corrected chi connectivity index (χ0v) is 15.2. The summed E-state index contributed by atoms with van der Waals surface area (Å²) in [5, 5.41) is 17.9. The number of rotatable bonds is 5. The van der Waals surface area contributed by atoms with Gasteiger partial charge < -0.3 is 15.3 Å². The van der Waals surface area contributed by atoms with E-state index in [2.05, 4.69) is 5.32 Å². The summed E-state index contributed by atoms with van der Waals surface area (Å²) in [5.41, 5.74) is 2.51. The summed E-state index contributed by atoms with van der Waals surface area (Å²) in [5.74, 6) is -1.20. The van der Waals surface area contributed by atoms with Crippen LogP contribution in [0.25, 0.3) is 0 Å². The van der Waals surface area contributed by atoms with E-state index in [9.17, 15) is 18.3 Å². The predicted molar refractivity (Wildman–Crippen MR) is 101 cm³/mol. The van der Waals surface area contributed by atoms with Crippen LogP contribution in [-0.2, 0) is 10.0 Å². The third-order valence-electron chi connectivity index (χ3n) is 4.40. The van der Waals surface area contributed by atoms with E-state index in [0.717, 1.165) is 37.6 Å². The molecular formula is C18H21N3O4S. The molecule has 1 aliphatic heterocycles. The Bertz CT molecular complexity index is 934. The summed E-state index contributed by atoms with van der Waals surface area (Å²) in [6.45, 7) is 3.42. The van der Waals surface area contributed by atoms with Crippen LogP contribution >= 0.6 is 0 Å². The number of benzene rings is 2. The van der Waals surface area contributed by atoms with E-state index >= 15 is 0 Å². The van der Waals surface area contributed by atoms with E-state index < -0.39 is 16.0 Å². The molecular weight excluding hydrogens is 354 g/mol. The van der Waals surface area contributed by atoms with E-state index in [1.54, 1.807) is 0 Å². The summed E-state index contributed by atoms with van der Waals surface area (Å²) in [6.07, 6.45) is 1.93. The lowest BCUT2D eigenvalue weighted by atomic mass is 10.1. The van der Waals surface area contributed by atoms with E-state index in [4.69, 9.17) is 5.14 Å². The first-order chi connectivity index (χ1) is 12.3. The monoisotopic (exact) mass is 375 g/mol. The number of carboxylic acids is 1. The molecule has 0 aromatic heterocycles. The Hall–Kier alpha value is -2.58. The molecule has 8 heteroatoms. The van der Waals surface area contributed by atoms with Gasteiger partial charge in [0.15, 0.2) is 0 Å². The molecule has 1 fully saturated rings. The van der Waals surface area contributed by atoms with Crippen molar-refractivity contribution >= 4 is 33.1 Å². The molecule has 2 aromatic carbocycles. The number of nitrogens with one attached hydrogen (secondary N) is 1. The highest BCUT2D eigenvalue weighted by Crippen LogP contribution is 2.37. The van der Waals surface area contributed by atoms with Crippen molar-refractivity contribution in [1.82, 2.24) is 0 Å². The zero-order valence-electron chi connectivity index (χ0n) is 14.4. The minimum absolute atomic E-state index is 0.106. The number of carboxylic acid groups (broad SMARTS) is 1. The number of hydrogen-bond acceptors (Lipinski definition) is 5. The first-order valence-electron chi connectivity index (χ1n) is 8.28. The fourth-order valence-corrected chi connectivity index (χ4v) is 3.79. The SMILES string of the molecule is Cc1ccc(Nc2c(N3CCCC3)cc(C(=O)O)cc2S(N)(=O)=O)cc1. The maximum atomic E-state index is 12.2. The van der Waals surface area contributed by atoms with Crippen molar-refractivity contribution in [2.45, 2.75) is 24.7 Å². The Labute approximate surface area is 152 Å². The second-order valence-corrected chi connectivity index (χ2v) is 7.93. The second-order valence-electron chi connectivity index (χ2n) is 6.40. The van der Waals surface area contributed by atoms with Crippen molar-refractivity contribution in [3.8, 4) is 0 Å². The summed E-state index contributed by atoms with van der Waals surface area (Å²) in [6, 6.07) is 10.1. The number of aryl methyl sites for hydroxylation is 1. The molecule has 1 aliphatic rings. The van der Waals surface area contributed by atoms with Crippen molar-refractivity contribution in [3.63, 3.8) is 0 Å². The van der Waals surface area contributed by atoms with Gasteiger partial charge in [-0.1, -0.05) is 17.7 Å². The molecule has 3 rings (SSSR count). The van der Waals surface area contributed by atoms with Gasteiger partial charge >= 0.3 is 5.97 Å². The highest BCUT2D eigenvalue weighted by molar-refractivity contribution is 7.89. The molecule has 4 N–H and O–H groups in total. The third-order valence-corrected chi connectivity index (χ3v) is 5.34. The predicted octanol–water partition coefficient (Wildman–Crippen LogP) is 2.68. The second kappa shape index (κ2) is 6.97. The normalized spacial score (nSPS) is 14.5. The van der Waals surface area contributed by atoms with Crippen LogP contribution in [-0.4, -0.2) is 32.6 Å². The summed E-state index contributed by atoms with van der Waals surface area (Å²) in [7, 11) is -4.12. The number of carbonyl (C=O) groups is 1. The molecule has 7 nitrogen and oxygen atoms in total. The van der Waals surface area contributed by atoms with Gasteiger partial charge in [0.2, 0.25) is 10.0 Å². The number of sulfonamides is 1. The average molecular weight is 375 g/mol. The van der Waals surface area contributed by atoms with Crippen molar-refractivity contribution in [2.24, 2.45) is 5.14 Å². The van der Waals surface area contributed by atoms with Crippen LogP contribution in [0.3, 0.4) is 0 Å². The fraction of sp³-hybridized carbons (Fsp3) is 0.278. The molecule has 26 heavy (non-hydrogen) atoms. The largest absolute Gasteiger partial charge is 0.478 e. The minimum Gasteiger partial charge on any atom is -0.478 e. The molecule has 0 spiro atoms. The maximum absolute atomic E-state index is 12.2. The van der Waals surface area contributed by atoms with E-state index in [1.165, 1.54) is 6.07 Å². The Morgan fingerprint density at radius 1 is 1.15 bits per heavy atom. The van der Waals surface area contributed by atoms with Crippen LogP contribution < -0.4 is 15.4 Å². The number of nitrogens with two attached hydrogens (primary N) is 1. The van der Waals surface area contributed by atoms with E-state index in [1.807, 2.05) is 36.1 Å². The quantitative estimate of drug-likeness (QED) is 0.741. The Morgan fingerprint density at radius 2 is 1.77 bits per heavy atom. The van der Waals surface area contributed by atoms with Gasteiger partial charge in [-0.3, -0.25) is 0 Å². The van der Waals surface area contributed by atoms with Crippen molar-refractivity contribution in [3.05, 3.63) is 47.5 Å². The van der Waals surface area contributed by atoms with E-state index in [0.29, 0.717) is 17.1 Å². The van der Waals surface area contributed by atoms with Gasteiger partial charge in [-0.15, -0.1) is 0 Å². The Balaban J connectivity index is 2.20. The molecule has 1 saturated heterocycles. The minimum atomic E-state index is -4.12. The van der Waals surface area contributed by atoms with Crippen LogP contribution in [0.15, 0.2) is 41.3 Å². The number of primary sulfonamides is 1. The molecule has 138 valence electrons. The van der Waals surface area contributed by atoms with Gasteiger partial charge in [0.05, 0.1) is 16.9 Å². The number of anilines is 3. The molecule has 0 unspecified atom stereocenters. The summed E-state index contributed by atoms with van der Waals surface area (Å²) in [4.78, 5) is 13.2. The molecule has 1 heterocycles. The number of hydrogen-bond donors (Lipinski definition) is 3. The number of nitrogens with zero attached hydrogens (tertiary/aromatic N) is 1. The molecule has 0 bridgehead atoms. The lowest BCUT2D eigenvalue weighted by molar-refractivity contribution is 0.0696. The lowest BCUT2D eigenvalue weighted by Gasteiger charge is -2.24. The smallest absolute Gasteiger partial charge is 0.335 e. The van der Waals surface area contributed by atoms with Crippen molar-refractivity contribution < 1.29 is 18.3 Å². The van der Waals surface area contributed by atoms with Gasteiger partial charge in [-0.25, -0.2) is 18.4 Å². The van der Waals surface area contributed by atoms with Crippen LogP contribution in [0.4, 0.5) is 17.1 Å². The zero-order chi connectivity index (χ0) is 18.9. The molecule has 0 amide bonds. The standard InChI is InChI=1S/C18H21N3O4S/c1-12-4-6-14(7-5-12)20-17-15(21-8-2-3-9-21)10-13(18(22)23)11-16(17)26(19,24)25/h4-7,10-11,20H,2-3,8-9H2,1H3,(H,22,23)(H2,19,24,25). The topological polar surface area (TPSA) is 113 Å². The first kappa shape index (κ1) is 18.2. The summed E-state index contributed by atoms with van der Waals surface area (Å²) < 4.78 is 24.3. The Kier molecular flexibility index (Phi) is 4.88. The van der Waals surface area contributed by atoms with Gasteiger partial charge in [0.25, 0.3) is 0 Å². The lowest BCUT2D eigenvalue weighted by Crippen LogP contribution is -2.22.